The lowest BCUT2D eigenvalue weighted by molar-refractivity contribution is -0.368. The minimum atomic E-state index is -1.67. The van der Waals surface area contributed by atoms with Gasteiger partial charge in [-0.2, -0.15) is 0 Å². The van der Waals surface area contributed by atoms with Gasteiger partial charge in [0.2, 0.25) is 0 Å². The first kappa shape index (κ1) is 32.3. The molecule has 2 rings (SSSR count). The molecule has 35 heavy (non-hydrogen) atoms. The zero-order valence-electron chi connectivity index (χ0n) is 21.5. The Kier molecular flexibility index (Phi) is 14.9. The molecule has 208 valence electrons. The van der Waals surface area contributed by atoms with Gasteiger partial charge < -0.3 is 54.4 Å². The zero-order chi connectivity index (χ0) is 26.7. The lowest BCUT2D eigenvalue weighted by Crippen LogP contribution is -2.64. The highest BCUT2D eigenvalue weighted by molar-refractivity contribution is 5.75. The molecule has 2 aliphatic rings. The molecule has 0 aromatic heterocycles. The van der Waals surface area contributed by atoms with E-state index in [1.165, 1.54) is 0 Å². The van der Waals surface area contributed by atoms with Crippen molar-refractivity contribution in [1.82, 2.24) is 0 Å². The highest BCUT2D eigenvalue weighted by Gasteiger charge is 2.50. The quantitative estimate of drug-likeness (QED) is 0.195. The van der Waals surface area contributed by atoms with Crippen molar-refractivity contribution in [2.24, 2.45) is 0 Å². The molecular weight excluding hydrogens is 464 g/mol. The zero-order valence-corrected chi connectivity index (χ0v) is 21.5. The van der Waals surface area contributed by atoms with Crippen molar-refractivity contribution < 1.29 is 54.4 Å². The molecule has 0 aliphatic carbocycles. The highest BCUT2D eigenvalue weighted by Crippen LogP contribution is 2.30. The molecular formula is C24H46O11. The second-order valence-electron chi connectivity index (χ2n) is 9.09. The molecule has 0 bridgehead atoms. The van der Waals surface area contributed by atoms with Crippen molar-refractivity contribution in [3.8, 4) is 0 Å². The number of carbonyl (C=O) groups excluding carboxylic acids is 1. The Morgan fingerprint density at radius 3 is 2.09 bits per heavy atom. The predicted octanol–water partition coefficient (Wildman–Crippen LogP) is -0.001000. The van der Waals surface area contributed by atoms with Gasteiger partial charge in [-0.1, -0.05) is 33.1 Å². The van der Waals surface area contributed by atoms with Crippen LogP contribution in [-0.2, 0) is 23.7 Å². The van der Waals surface area contributed by atoms with Gasteiger partial charge in [-0.25, -0.2) is 0 Å². The van der Waals surface area contributed by atoms with E-state index in [4.69, 9.17) is 18.9 Å². The third kappa shape index (κ3) is 9.58. The largest absolute Gasteiger partial charge is 0.394 e. The maximum absolute atomic E-state index is 11.0. The number of carbonyl (C=O) groups is 1. The minimum absolute atomic E-state index is 0.182. The van der Waals surface area contributed by atoms with Crippen LogP contribution < -0.4 is 0 Å². The number of aliphatic hydroxyl groups excluding tert-OH is 6. The van der Waals surface area contributed by atoms with E-state index in [1.807, 2.05) is 20.8 Å². The first-order valence-electron chi connectivity index (χ1n) is 12.7. The van der Waals surface area contributed by atoms with Gasteiger partial charge in [0.25, 0.3) is 0 Å². The van der Waals surface area contributed by atoms with Gasteiger partial charge in [0.05, 0.1) is 18.8 Å². The Morgan fingerprint density at radius 1 is 0.857 bits per heavy atom. The Balaban J connectivity index is 0.00000298. The molecule has 2 fully saturated rings. The maximum atomic E-state index is 11.0. The number of hydrogen-bond acceptors (Lipinski definition) is 11. The summed E-state index contributed by atoms with van der Waals surface area (Å²) in [7, 11) is 0. The lowest BCUT2D eigenvalue weighted by Gasteiger charge is -2.46. The number of Topliss-reactive ketones (excluding diaryl/α,β-unsaturated/α-hetero) is 1. The summed E-state index contributed by atoms with van der Waals surface area (Å²) >= 11 is 0. The fraction of sp³-hybridized carbons (Fsp3) is 0.958. The molecule has 2 saturated heterocycles. The minimum Gasteiger partial charge on any atom is -0.394 e. The second kappa shape index (κ2) is 16.2. The number of hydrogen-bond donors (Lipinski definition) is 6. The topological polar surface area (TPSA) is 175 Å². The van der Waals surface area contributed by atoms with E-state index >= 15 is 0 Å². The number of ether oxygens (including phenoxy) is 4. The first-order chi connectivity index (χ1) is 16.6. The van der Waals surface area contributed by atoms with E-state index in [-0.39, 0.29) is 11.9 Å². The molecule has 0 amide bonds. The fourth-order valence-corrected chi connectivity index (χ4v) is 4.05. The molecule has 0 aromatic rings. The molecule has 11 atom stereocenters. The summed E-state index contributed by atoms with van der Waals surface area (Å²) in [6.45, 7) is 8.37. The predicted molar refractivity (Wildman–Crippen MR) is 125 cm³/mol. The summed E-state index contributed by atoms with van der Waals surface area (Å²) in [5.74, 6) is 0.182. The molecule has 0 spiro atoms. The van der Waals surface area contributed by atoms with Crippen LogP contribution in [0.25, 0.3) is 0 Å². The number of aliphatic hydroxyl groups is 6. The van der Waals surface area contributed by atoms with Gasteiger partial charge in [-0.3, -0.25) is 0 Å². The SMILES string of the molecule is CC.CC(=O)CCCCCCC(C)OC1OC(C)C(O)C(O)C1OC1OC(CO)C(O)C(O)C1O. The summed E-state index contributed by atoms with van der Waals surface area (Å²) in [6.07, 6.45) is -8.81. The van der Waals surface area contributed by atoms with Gasteiger partial charge in [-0.05, 0) is 33.6 Å². The third-order valence-electron chi connectivity index (χ3n) is 6.18. The van der Waals surface area contributed by atoms with E-state index < -0.39 is 68.0 Å². The summed E-state index contributed by atoms with van der Waals surface area (Å²) in [4.78, 5) is 11.0. The summed E-state index contributed by atoms with van der Waals surface area (Å²) < 4.78 is 22.7. The van der Waals surface area contributed by atoms with Crippen LogP contribution in [0.15, 0.2) is 0 Å². The van der Waals surface area contributed by atoms with Crippen LogP contribution in [0.4, 0.5) is 0 Å². The molecule has 0 aromatic carbocycles. The van der Waals surface area contributed by atoms with Crippen molar-refractivity contribution in [2.75, 3.05) is 6.61 Å². The van der Waals surface area contributed by atoms with Crippen molar-refractivity contribution in [3.63, 3.8) is 0 Å². The van der Waals surface area contributed by atoms with Gasteiger partial charge in [0.15, 0.2) is 12.6 Å². The summed E-state index contributed by atoms with van der Waals surface area (Å²) in [5, 5.41) is 60.4. The third-order valence-corrected chi connectivity index (χ3v) is 6.18. The molecule has 0 radical (unpaired) electrons. The summed E-state index contributed by atoms with van der Waals surface area (Å²) in [5.41, 5.74) is 0. The Morgan fingerprint density at radius 2 is 1.49 bits per heavy atom. The van der Waals surface area contributed by atoms with Crippen LogP contribution in [0.2, 0.25) is 0 Å². The number of ketones is 1. The van der Waals surface area contributed by atoms with Crippen LogP contribution >= 0.6 is 0 Å². The first-order valence-corrected chi connectivity index (χ1v) is 12.7. The van der Waals surface area contributed by atoms with Crippen molar-refractivity contribution >= 4 is 5.78 Å². The number of unbranched alkanes of at least 4 members (excludes halogenated alkanes) is 3. The molecule has 2 heterocycles. The molecule has 11 unspecified atom stereocenters. The van der Waals surface area contributed by atoms with E-state index in [1.54, 1.807) is 13.8 Å². The molecule has 11 nitrogen and oxygen atoms in total. The normalized spacial score (nSPS) is 38.4. The van der Waals surface area contributed by atoms with E-state index in [9.17, 15) is 35.4 Å². The Hall–Kier alpha value is -0.730. The van der Waals surface area contributed by atoms with Crippen molar-refractivity contribution in [1.29, 1.82) is 0 Å². The van der Waals surface area contributed by atoms with Gasteiger partial charge in [-0.15, -0.1) is 0 Å². The average molecular weight is 511 g/mol. The number of rotatable bonds is 12. The van der Waals surface area contributed by atoms with E-state index in [0.717, 1.165) is 25.7 Å². The Bertz CT molecular complexity index is 590. The highest BCUT2D eigenvalue weighted by atomic mass is 16.8. The fourth-order valence-electron chi connectivity index (χ4n) is 4.05. The Labute approximate surface area is 208 Å². The van der Waals surface area contributed by atoms with Crippen LogP contribution in [-0.4, -0.2) is 111 Å². The molecule has 2 aliphatic heterocycles. The van der Waals surface area contributed by atoms with Crippen LogP contribution in [0.5, 0.6) is 0 Å². The van der Waals surface area contributed by atoms with Gasteiger partial charge in [0, 0.05) is 6.42 Å². The smallest absolute Gasteiger partial charge is 0.187 e. The van der Waals surface area contributed by atoms with Crippen molar-refractivity contribution in [2.45, 2.75) is 141 Å². The van der Waals surface area contributed by atoms with Crippen molar-refractivity contribution in [3.05, 3.63) is 0 Å². The van der Waals surface area contributed by atoms with Gasteiger partial charge in [0.1, 0.15) is 48.5 Å². The standard InChI is InChI=1S/C22H40O11.C2H6/c1-11(24)8-6-4-5-7-9-12(2)30-22-20(18(28)15(25)13(3)31-22)33-21-19(29)17(27)16(26)14(10-23)32-21;1-2/h12-23,25-29H,4-10H2,1-3H3;1-2H3. The molecule has 11 heteroatoms. The second-order valence-corrected chi connectivity index (χ2v) is 9.09. The van der Waals surface area contributed by atoms with E-state index in [0.29, 0.717) is 12.8 Å². The maximum Gasteiger partial charge on any atom is 0.187 e. The van der Waals surface area contributed by atoms with Gasteiger partial charge >= 0.3 is 0 Å². The molecule has 6 N–H and O–H groups in total. The van der Waals surface area contributed by atoms with Crippen LogP contribution in [0, 0.1) is 0 Å². The average Bonchev–Trinajstić information content (AvgIpc) is 2.83. The summed E-state index contributed by atoms with van der Waals surface area (Å²) in [6, 6.07) is 0. The van der Waals surface area contributed by atoms with Crippen LogP contribution in [0.3, 0.4) is 0 Å². The molecule has 0 saturated carbocycles. The van der Waals surface area contributed by atoms with Crippen LogP contribution in [0.1, 0.15) is 73.1 Å². The lowest BCUT2D eigenvalue weighted by atomic mass is 9.97. The van der Waals surface area contributed by atoms with E-state index in [2.05, 4.69) is 0 Å². The monoisotopic (exact) mass is 510 g/mol.